The van der Waals surface area contributed by atoms with Gasteiger partial charge >= 0.3 is 5.13 Å². The number of benzene rings is 1. The Morgan fingerprint density at radius 3 is 2.39 bits per heavy atom. The largest absolute Gasteiger partial charge is 1.00 e. The summed E-state index contributed by atoms with van der Waals surface area (Å²) in [6.45, 7) is 2.15. The van der Waals surface area contributed by atoms with Crippen molar-refractivity contribution in [2.45, 2.75) is 13.3 Å². The Balaban J connectivity index is 0.00000162. The molecule has 2 N–H and O–H groups in total. The quantitative estimate of drug-likeness (QED) is 0.574. The van der Waals surface area contributed by atoms with Crippen LogP contribution in [0.1, 0.15) is 11.8 Å². The maximum absolute atomic E-state index is 5.97. The molecule has 0 radical (unpaired) electrons. The van der Waals surface area contributed by atoms with Gasteiger partial charge in [0.05, 0.1) is 19.0 Å². The molecule has 0 spiro atoms. The van der Waals surface area contributed by atoms with E-state index in [9.17, 15) is 0 Å². The molecule has 0 aliphatic heterocycles. The number of nitrogens with zero attached hydrogens (tertiary/aromatic N) is 1. The van der Waals surface area contributed by atoms with E-state index in [0.29, 0.717) is 0 Å². The van der Waals surface area contributed by atoms with Crippen LogP contribution in [0.3, 0.4) is 0 Å². The van der Waals surface area contributed by atoms with Crippen LogP contribution < -0.4 is 39.0 Å². The third-order valence-corrected chi connectivity index (χ3v) is 4.05. The Kier molecular flexibility index (Phi) is 5.40. The molecule has 0 atom stereocenters. The number of hydrogen-bond acceptors (Lipinski definition) is 3. The van der Waals surface area contributed by atoms with Gasteiger partial charge in [-0.3, -0.25) is 5.73 Å². The lowest BCUT2D eigenvalue weighted by Crippen LogP contribution is -3.00. The summed E-state index contributed by atoms with van der Waals surface area (Å²) < 4.78 is 7.22. The van der Waals surface area contributed by atoms with Gasteiger partial charge in [0, 0.05) is 5.56 Å². The molecule has 0 saturated heterocycles. The van der Waals surface area contributed by atoms with Crippen molar-refractivity contribution in [3.63, 3.8) is 0 Å². The summed E-state index contributed by atoms with van der Waals surface area (Å²) in [5, 5.41) is 0.840. The monoisotopic (exact) mass is 376 g/mol. The number of ether oxygens (including phenoxy) is 1. The van der Waals surface area contributed by atoms with Crippen molar-refractivity contribution >= 4 is 16.5 Å². The van der Waals surface area contributed by atoms with Crippen LogP contribution in [0, 0.1) is 0 Å². The Hall–Kier alpha value is -0.820. The van der Waals surface area contributed by atoms with Crippen LogP contribution in [0.4, 0.5) is 5.13 Å². The van der Waals surface area contributed by atoms with Gasteiger partial charge in [-0.2, -0.15) is 0 Å². The lowest BCUT2D eigenvalue weighted by molar-refractivity contribution is -0.641. The van der Waals surface area contributed by atoms with Gasteiger partial charge in [-0.15, -0.1) is 0 Å². The van der Waals surface area contributed by atoms with Crippen molar-refractivity contribution in [3.8, 4) is 17.0 Å². The topological polar surface area (TPSA) is 39.1 Å². The van der Waals surface area contributed by atoms with Crippen molar-refractivity contribution in [2.75, 3.05) is 12.8 Å². The number of anilines is 1. The molecule has 0 amide bonds. The van der Waals surface area contributed by atoms with E-state index in [0.717, 1.165) is 17.3 Å². The van der Waals surface area contributed by atoms with E-state index in [1.54, 1.807) is 18.4 Å². The molecule has 0 bridgehead atoms. The molecule has 0 aliphatic rings. The van der Waals surface area contributed by atoms with E-state index >= 15 is 0 Å². The van der Waals surface area contributed by atoms with Crippen LogP contribution in [0.2, 0.25) is 0 Å². The number of methoxy groups -OCH3 is 1. The van der Waals surface area contributed by atoms with Crippen LogP contribution in [0.25, 0.3) is 11.3 Å². The number of halogens is 1. The predicted octanol–water partition coefficient (Wildman–Crippen LogP) is -0.603. The van der Waals surface area contributed by atoms with Gasteiger partial charge in [0.15, 0.2) is 0 Å². The van der Waals surface area contributed by atoms with E-state index < -0.39 is 0 Å². The third-order valence-electron chi connectivity index (χ3n) is 2.84. The molecular formula is C13H17IN2OS. The standard InChI is InChI=1S/C13H16N2OS.HI/c1-4-11-12(15(2)13(14)17-11)9-5-7-10(16-3)8-6-9;/h5-8,14H,4H2,1-3H3;1H. The molecule has 3 nitrogen and oxygen atoms in total. The first-order chi connectivity index (χ1) is 8.17. The minimum Gasteiger partial charge on any atom is -1.00 e. The highest BCUT2D eigenvalue weighted by atomic mass is 127. The fourth-order valence-corrected chi connectivity index (χ4v) is 2.86. The summed E-state index contributed by atoms with van der Waals surface area (Å²) >= 11 is 1.66. The minimum atomic E-state index is 0. The third kappa shape index (κ3) is 2.77. The molecule has 0 aliphatic carbocycles. The number of hydrogen-bond donors (Lipinski definition) is 1. The summed E-state index contributed by atoms with van der Waals surface area (Å²) in [5.41, 5.74) is 8.35. The smallest absolute Gasteiger partial charge is 0.332 e. The second-order valence-corrected chi connectivity index (χ2v) is 4.97. The van der Waals surface area contributed by atoms with Gasteiger partial charge in [0.25, 0.3) is 0 Å². The zero-order valence-electron chi connectivity index (χ0n) is 10.7. The van der Waals surface area contributed by atoms with E-state index in [1.165, 1.54) is 16.1 Å². The number of nitrogens with two attached hydrogens (primary N) is 1. The van der Waals surface area contributed by atoms with Crippen molar-refractivity contribution in [2.24, 2.45) is 7.05 Å². The highest BCUT2D eigenvalue weighted by Gasteiger charge is 2.18. The minimum absolute atomic E-state index is 0. The van der Waals surface area contributed by atoms with E-state index in [4.69, 9.17) is 10.5 Å². The highest BCUT2D eigenvalue weighted by molar-refractivity contribution is 7.15. The second kappa shape index (κ2) is 6.38. The Labute approximate surface area is 129 Å². The molecule has 5 heteroatoms. The fraction of sp³-hybridized carbons (Fsp3) is 0.308. The van der Waals surface area contributed by atoms with Crippen molar-refractivity contribution in [3.05, 3.63) is 29.1 Å². The molecule has 2 aromatic rings. The summed E-state index contributed by atoms with van der Waals surface area (Å²) in [4.78, 5) is 1.31. The molecule has 1 aromatic heterocycles. The Morgan fingerprint density at radius 1 is 1.28 bits per heavy atom. The zero-order valence-corrected chi connectivity index (χ0v) is 13.7. The zero-order chi connectivity index (χ0) is 12.4. The van der Waals surface area contributed by atoms with Crippen LogP contribution in [0.15, 0.2) is 24.3 Å². The first-order valence-electron chi connectivity index (χ1n) is 5.59. The first kappa shape index (κ1) is 15.2. The molecule has 2 rings (SSSR count). The van der Waals surface area contributed by atoms with Crippen molar-refractivity contribution in [1.29, 1.82) is 0 Å². The SMILES string of the molecule is CCc1sc(N)[n+](C)c1-c1ccc(OC)cc1.[I-]. The van der Waals surface area contributed by atoms with Crippen molar-refractivity contribution < 1.29 is 33.3 Å². The number of aryl methyl sites for hydroxylation is 1. The van der Waals surface area contributed by atoms with Crippen LogP contribution in [-0.4, -0.2) is 7.11 Å². The lowest BCUT2D eigenvalue weighted by Gasteiger charge is -2.03. The van der Waals surface area contributed by atoms with Crippen LogP contribution >= 0.6 is 11.3 Å². The first-order valence-corrected chi connectivity index (χ1v) is 6.40. The van der Waals surface area contributed by atoms with Gasteiger partial charge in [0.1, 0.15) is 11.4 Å². The second-order valence-electron chi connectivity index (χ2n) is 3.85. The van der Waals surface area contributed by atoms with Gasteiger partial charge in [0.2, 0.25) is 0 Å². The predicted molar refractivity (Wildman–Crippen MR) is 71.3 cm³/mol. The van der Waals surface area contributed by atoms with Gasteiger partial charge in [-0.05, 0) is 30.7 Å². The summed E-state index contributed by atoms with van der Waals surface area (Å²) in [5.74, 6) is 0.873. The molecule has 1 heterocycles. The van der Waals surface area contributed by atoms with Gasteiger partial charge in [-0.25, -0.2) is 4.57 Å². The molecule has 1 aromatic carbocycles. The normalized spacial score (nSPS) is 9.94. The highest BCUT2D eigenvalue weighted by Crippen LogP contribution is 2.29. The van der Waals surface area contributed by atoms with Gasteiger partial charge in [-0.1, -0.05) is 18.3 Å². The number of rotatable bonds is 3. The summed E-state index contributed by atoms with van der Waals surface area (Å²) in [7, 11) is 3.68. The molecule has 0 saturated carbocycles. The summed E-state index contributed by atoms with van der Waals surface area (Å²) in [6.07, 6.45) is 0.997. The molecular weight excluding hydrogens is 359 g/mol. The Morgan fingerprint density at radius 2 is 1.89 bits per heavy atom. The van der Waals surface area contributed by atoms with E-state index in [1.807, 2.05) is 23.7 Å². The number of thiazole rings is 1. The van der Waals surface area contributed by atoms with E-state index in [2.05, 4.69) is 19.1 Å². The lowest BCUT2D eigenvalue weighted by atomic mass is 10.1. The molecule has 98 valence electrons. The number of nitrogen functional groups attached to an aromatic ring is 1. The van der Waals surface area contributed by atoms with Crippen molar-refractivity contribution in [1.82, 2.24) is 0 Å². The maximum Gasteiger partial charge on any atom is 0.332 e. The fourth-order valence-electron chi connectivity index (χ4n) is 1.88. The van der Waals surface area contributed by atoms with Gasteiger partial charge < -0.3 is 28.7 Å². The molecule has 18 heavy (non-hydrogen) atoms. The van der Waals surface area contributed by atoms with Crippen LogP contribution in [0.5, 0.6) is 5.75 Å². The van der Waals surface area contributed by atoms with Crippen LogP contribution in [-0.2, 0) is 13.5 Å². The van der Waals surface area contributed by atoms with E-state index in [-0.39, 0.29) is 24.0 Å². The average molecular weight is 376 g/mol. The Bertz CT molecular complexity index is 523. The average Bonchev–Trinajstić information content (AvgIpc) is 2.65. The summed E-state index contributed by atoms with van der Waals surface area (Å²) in [6, 6.07) is 8.09. The molecule has 0 fully saturated rings. The number of aromatic nitrogens is 1. The maximum atomic E-state index is 5.97. The molecule has 0 unspecified atom stereocenters.